The van der Waals surface area contributed by atoms with Crippen LogP contribution in [0.1, 0.15) is 13.3 Å². The van der Waals surface area contributed by atoms with Gasteiger partial charge in [-0.2, -0.15) is 16.9 Å². The molecule has 1 aromatic carbocycles. The fourth-order valence-corrected chi connectivity index (χ4v) is 3.49. The summed E-state index contributed by atoms with van der Waals surface area (Å²) in [4.78, 5) is 0. The van der Waals surface area contributed by atoms with Crippen molar-refractivity contribution in [2.24, 2.45) is 0 Å². The topological polar surface area (TPSA) is 29.9 Å². The number of benzene rings is 1. The smallest absolute Gasteiger partial charge is 0.0876 e. The molecule has 2 aromatic rings. The molecule has 1 aliphatic heterocycles. The van der Waals surface area contributed by atoms with Gasteiger partial charge in [0, 0.05) is 29.4 Å². The zero-order valence-electron chi connectivity index (χ0n) is 10.4. The van der Waals surface area contributed by atoms with Crippen LogP contribution < -0.4 is 5.32 Å². The van der Waals surface area contributed by atoms with Crippen LogP contribution in [0.25, 0.3) is 5.69 Å². The average molecular weight is 259 g/mol. The third kappa shape index (κ3) is 2.38. The summed E-state index contributed by atoms with van der Waals surface area (Å²) in [7, 11) is 0. The lowest BCUT2D eigenvalue weighted by atomic mass is 10.1. The minimum atomic E-state index is 0.571. The summed E-state index contributed by atoms with van der Waals surface area (Å²) in [6.45, 7) is 2.30. The number of para-hydroxylation sites is 2. The standard InChI is InChI=1S/C14H17N3S/c1-11-9-12(10-18-11)16-13-5-2-3-6-14(13)17-8-4-7-15-17/h2-8,11-12,16H,9-10H2,1H3. The first-order valence-corrected chi connectivity index (χ1v) is 7.35. The zero-order valence-corrected chi connectivity index (χ0v) is 11.2. The number of thioether (sulfide) groups is 1. The molecule has 1 fully saturated rings. The van der Waals surface area contributed by atoms with Crippen LogP contribution in [0.3, 0.4) is 0 Å². The zero-order chi connectivity index (χ0) is 12.4. The number of nitrogens with one attached hydrogen (secondary N) is 1. The van der Waals surface area contributed by atoms with Crippen LogP contribution in [0.2, 0.25) is 0 Å². The fourth-order valence-electron chi connectivity index (χ4n) is 2.34. The number of hydrogen-bond donors (Lipinski definition) is 1. The van der Waals surface area contributed by atoms with Gasteiger partial charge in [-0.25, -0.2) is 4.68 Å². The van der Waals surface area contributed by atoms with E-state index < -0.39 is 0 Å². The molecule has 0 aliphatic carbocycles. The van der Waals surface area contributed by atoms with Crippen molar-refractivity contribution in [1.29, 1.82) is 0 Å². The minimum absolute atomic E-state index is 0.571. The van der Waals surface area contributed by atoms with E-state index in [4.69, 9.17) is 0 Å². The number of anilines is 1. The predicted molar refractivity (Wildman–Crippen MR) is 77.5 cm³/mol. The van der Waals surface area contributed by atoms with E-state index in [1.165, 1.54) is 17.9 Å². The highest BCUT2D eigenvalue weighted by Crippen LogP contribution is 2.29. The molecule has 1 N–H and O–H groups in total. The molecule has 2 heterocycles. The van der Waals surface area contributed by atoms with Crippen molar-refractivity contribution in [1.82, 2.24) is 9.78 Å². The average Bonchev–Trinajstić information content (AvgIpc) is 3.02. The molecule has 94 valence electrons. The Bertz CT molecular complexity index is 510. The molecule has 2 atom stereocenters. The van der Waals surface area contributed by atoms with E-state index in [2.05, 4.69) is 35.5 Å². The molecule has 18 heavy (non-hydrogen) atoms. The van der Waals surface area contributed by atoms with Gasteiger partial charge in [-0.1, -0.05) is 19.1 Å². The highest BCUT2D eigenvalue weighted by Gasteiger charge is 2.22. The van der Waals surface area contributed by atoms with Crippen LogP contribution in [0.15, 0.2) is 42.7 Å². The Labute approximate surface area is 112 Å². The van der Waals surface area contributed by atoms with Crippen molar-refractivity contribution in [2.45, 2.75) is 24.6 Å². The first-order valence-electron chi connectivity index (χ1n) is 6.30. The van der Waals surface area contributed by atoms with E-state index in [0.717, 1.165) is 10.9 Å². The first kappa shape index (κ1) is 11.7. The second-order valence-corrected chi connectivity index (χ2v) is 6.16. The lowest BCUT2D eigenvalue weighted by Crippen LogP contribution is -2.20. The van der Waals surface area contributed by atoms with E-state index in [-0.39, 0.29) is 0 Å². The SMILES string of the molecule is CC1CC(Nc2ccccc2-n2cccn2)CS1. The molecule has 1 aliphatic rings. The van der Waals surface area contributed by atoms with Crippen LogP contribution >= 0.6 is 11.8 Å². The molecule has 0 amide bonds. The van der Waals surface area contributed by atoms with Gasteiger partial charge in [-0.3, -0.25) is 0 Å². The fraction of sp³-hybridized carbons (Fsp3) is 0.357. The second-order valence-electron chi connectivity index (χ2n) is 4.69. The Kier molecular flexibility index (Phi) is 3.28. The minimum Gasteiger partial charge on any atom is -0.380 e. The van der Waals surface area contributed by atoms with Gasteiger partial charge in [0.25, 0.3) is 0 Å². The molecule has 4 heteroatoms. The summed E-state index contributed by atoms with van der Waals surface area (Å²) in [6, 6.07) is 10.9. The maximum Gasteiger partial charge on any atom is 0.0876 e. The summed E-state index contributed by atoms with van der Waals surface area (Å²) in [6.07, 6.45) is 5.02. The first-order chi connectivity index (χ1) is 8.83. The Hall–Kier alpha value is -1.42. The third-order valence-corrected chi connectivity index (χ3v) is 4.57. The van der Waals surface area contributed by atoms with Gasteiger partial charge in [0.05, 0.1) is 11.4 Å². The normalized spacial score (nSPS) is 23.2. The molecule has 0 saturated carbocycles. The number of hydrogen-bond acceptors (Lipinski definition) is 3. The van der Waals surface area contributed by atoms with Crippen LogP contribution in [-0.4, -0.2) is 26.8 Å². The Morgan fingerprint density at radius 1 is 1.33 bits per heavy atom. The predicted octanol–water partition coefficient (Wildman–Crippen LogP) is 3.18. The number of nitrogens with zero attached hydrogens (tertiary/aromatic N) is 2. The van der Waals surface area contributed by atoms with Gasteiger partial charge >= 0.3 is 0 Å². The quantitative estimate of drug-likeness (QED) is 0.918. The highest BCUT2D eigenvalue weighted by molar-refractivity contribution is 8.00. The Morgan fingerprint density at radius 3 is 2.94 bits per heavy atom. The lowest BCUT2D eigenvalue weighted by molar-refractivity contribution is 0.744. The van der Waals surface area contributed by atoms with Gasteiger partial charge in [0.15, 0.2) is 0 Å². The maximum atomic E-state index is 4.31. The summed E-state index contributed by atoms with van der Waals surface area (Å²) < 4.78 is 1.91. The van der Waals surface area contributed by atoms with E-state index in [1.807, 2.05) is 41.0 Å². The van der Waals surface area contributed by atoms with Crippen molar-refractivity contribution in [3.63, 3.8) is 0 Å². The monoisotopic (exact) mass is 259 g/mol. The van der Waals surface area contributed by atoms with E-state index in [1.54, 1.807) is 0 Å². The molecule has 3 rings (SSSR count). The summed E-state index contributed by atoms with van der Waals surface area (Å²) in [5.41, 5.74) is 2.29. The van der Waals surface area contributed by atoms with Gasteiger partial charge in [0.1, 0.15) is 0 Å². The van der Waals surface area contributed by atoms with E-state index in [0.29, 0.717) is 6.04 Å². The number of rotatable bonds is 3. The van der Waals surface area contributed by atoms with E-state index >= 15 is 0 Å². The second kappa shape index (κ2) is 5.06. The van der Waals surface area contributed by atoms with Gasteiger partial charge in [-0.15, -0.1) is 0 Å². The molecule has 0 bridgehead atoms. The van der Waals surface area contributed by atoms with Crippen LogP contribution in [0, 0.1) is 0 Å². The molecule has 0 spiro atoms. The summed E-state index contributed by atoms with van der Waals surface area (Å²) >= 11 is 2.04. The van der Waals surface area contributed by atoms with Crippen molar-refractivity contribution >= 4 is 17.4 Å². The molecular formula is C14H17N3S. The molecular weight excluding hydrogens is 242 g/mol. The van der Waals surface area contributed by atoms with Gasteiger partial charge in [-0.05, 0) is 24.6 Å². The largest absolute Gasteiger partial charge is 0.380 e. The van der Waals surface area contributed by atoms with Crippen LogP contribution in [0.4, 0.5) is 5.69 Å². The van der Waals surface area contributed by atoms with Crippen molar-refractivity contribution < 1.29 is 0 Å². The molecule has 2 unspecified atom stereocenters. The molecule has 1 aromatic heterocycles. The van der Waals surface area contributed by atoms with E-state index in [9.17, 15) is 0 Å². The summed E-state index contributed by atoms with van der Waals surface area (Å²) in [5, 5.41) is 8.72. The maximum absolute atomic E-state index is 4.31. The van der Waals surface area contributed by atoms with Crippen LogP contribution in [0.5, 0.6) is 0 Å². The molecule has 0 radical (unpaired) electrons. The Balaban J connectivity index is 1.84. The lowest BCUT2D eigenvalue weighted by Gasteiger charge is -2.16. The van der Waals surface area contributed by atoms with Crippen LogP contribution in [-0.2, 0) is 0 Å². The van der Waals surface area contributed by atoms with Gasteiger partial charge < -0.3 is 5.32 Å². The van der Waals surface area contributed by atoms with Crippen molar-refractivity contribution in [2.75, 3.05) is 11.1 Å². The molecule has 3 nitrogen and oxygen atoms in total. The Morgan fingerprint density at radius 2 is 2.22 bits per heavy atom. The van der Waals surface area contributed by atoms with Gasteiger partial charge in [0.2, 0.25) is 0 Å². The molecule has 1 saturated heterocycles. The summed E-state index contributed by atoms with van der Waals surface area (Å²) in [5.74, 6) is 1.19. The third-order valence-electron chi connectivity index (χ3n) is 3.21. The highest BCUT2D eigenvalue weighted by atomic mass is 32.2. The van der Waals surface area contributed by atoms with Crippen molar-refractivity contribution in [3.05, 3.63) is 42.7 Å². The number of aromatic nitrogens is 2. The van der Waals surface area contributed by atoms with Crippen molar-refractivity contribution in [3.8, 4) is 5.69 Å².